The molecule has 1 rings (SSSR count). The number of alkyl halides is 3. The van der Waals surface area contributed by atoms with Gasteiger partial charge in [0, 0.05) is 17.6 Å². The van der Waals surface area contributed by atoms with E-state index in [9.17, 15) is 13.2 Å². The number of hydrogen-bond donors (Lipinski definition) is 1. The van der Waals surface area contributed by atoms with Crippen LogP contribution in [-0.4, -0.2) is 35.2 Å². The fourth-order valence-corrected chi connectivity index (χ4v) is 1.92. The number of halogens is 3. The van der Waals surface area contributed by atoms with E-state index in [1.54, 1.807) is 18.2 Å². The van der Waals surface area contributed by atoms with E-state index in [0.717, 1.165) is 11.8 Å². The van der Waals surface area contributed by atoms with Crippen molar-refractivity contribution in [3.8, 4) is 5.88 Å². The number of aliphatic hydroxyl groups is 1. The molecule has 0 spiro atoms. The highest BCUT2D eigenvalue weighted by Crippen LogP contribution is 2.24. The molecule has 0 saturated carbocycles. The summed E-state index contributed by atoms with van der Waals surface area (Å²) in [5.74, 6) is 0.312. The molecule has 96 valence electrons. The maximum atomic E-state index is 12.0. The third-order valence-corrected chi connectivity index (χ3v) is 2.95. The maximum Gasteiger partial charge on any atom is 0.415 e. The zero-order valence-electron chi connectivity index (χ0n) is 9.07. The number of rotatable bonds is 5. The second-order valence-corrected chi connectivity index (χ2v) is 4.27. The lowest BCUT2D eigenvalue weighted by molar-refractivity contribution is -0.195. The van der Waals surface area contributed by atoms with Crippen molar-refractivity contribution in [2.45, 2.75) is 18.0 Å². The minimum Gasteiger partial charge on any atom is -0.481 e. The van der Waals surface area contributed by atoms with Crippen molar-refractivity contribution in [2.24, 2.45) is 0 Å². The van der Waals surface area contributed by atoms with Crippen molar-refractivity contribution in [3.05, 3.63) is 23.9 Å². The van der Waals surface area contributed by atoms with Gasteiger partial charge >= 0.3 is 6.18 Å². The first-order chi connectivity index (χ1) is 7.93. The summed E-state index contributed by atoms with van der Waals surface area (Å²) in [6, 6.07) is 5.05. The standard InChI is InChI=1S/C10H12F3NO2S/c1-16-9-4-2-3-7(14-9)5-17-6-8(15)10(11,12)13/h2-4,8,15H,5-6H2,1H3. The summed E-state index contributed by atoms with van der Waals surface area (Å²) in [5, 5.41) is 8.77. The number of aliphatic hydroxyl groups excluding tert-OH is 1. The van der Waals surface area contributed by atoms with Gasteiger partial charge < -0.3 is 9.84 Å². The molecule has 0 aliphatic rings. The minimum absolute atomic E-state index is 0.296. The van der Waals surface area contributed by atoms with Crippen LogP contribution in [0.2, 0.25) is 0 Å². The number of methoxy groups -OCH3 is 1. The number of nitrogens with zero attached hydrogens (tertiary/aromatic N) is 1. The van der Waals surface area contributed by atoms with Gasteiger partial charge in [0.15, 0.2) is 6.10 Å². The third kappa shape index (κ3) is 4.82. The lowest BCUT2D eigenvalue weighted by Gasteiger charge is -2.13. The van der Waals surface area contributed by atoms with E-state index in [0.29, 0.717) is 17.3 Å². The van der Waals surface area contributed by atoms with Gasteiger partial charge in [-0.1, -0.05) is 6.07 Å². The first kappa shape index (κ1) is 14.1. The largest absolute Gasteiger partial charge is 0.481 e. The van der Waals surface area contributed by atoms with Crippen LogP contribution >= 0.6 is 11.8 Å². The van der Waals surface area contributed by atoms with E-state index in [-0.39, 0.29) is 0 Å². The van der Waals surface area contributed by atoms with Crippen LogP contribution in [0.4, 0.5) is 13.2 Å². The van der Waals surface area contributed by atoms with Crippen LogP contribution in [0, 0.1) is 0 Å². The van der Waals surface area contributed by atoms with Crippen molar-refractivity contribution in [1.82, 2.24) is 4.98 Å². The molecule has 1 aromatic heterocycles. The minimum atomic E-state index is -4.56. The van der Waals surface area contributed by atoms with E-state index in [4.69, 9.17) is 9.84 Å². The molecule has 0 aliphatic heterocycles. The van der Waals surface area contributed by atoms with Crippen molar-refractivity contribution in [2.75, 3.05) is 12.9 Å². The Hall–Kier alpha value is -0.950. The molecule has 0 amide bonds. The summed E-state index contributed by atoms with van der Waals surface area (Å²) in [4.78, 5) is 4.04. The molecule has 0 fully saturated rings. The highest BCUT2D eigenvalue weighted by Gasteiger charge is 2.37. The lowest BCUT2D eigenvalue weighted by Crippen LogP contribution is -2.30. The smallest absolute Gasteiger partial charge is 0.415 e. The molecule has 0 radical (unpaired) electrons. The van der Waals surface area contributed by atoms with Gasteiger partial charge in [-0.05, 0) is 6.07 Å². The van der Waals surface area contributed by atoms with E-state index in [1.165, 1.54) is 7.11 Å². The molecule has 0 aromatic carbocycles. The molecule has 0 aliphatic carbocycles. The second kappa shape index (κ2) is 6.11. The highest BCUT2D eigenvalue weighted by molar-refractivity contribution is 7.98. The van der Waals surface area contributed by atoms with Crippen LogP contribution in [0.15, 0.2) is 18.2 Å². The zero-order chi connectivity index (χ0) is 12.9. The van der Waals surface area contributed by atoms with Crippen LogP contribution in [0.1, 0.15) is 5.69 Å². The van der Waals surface area contributed by atoms with E-state index in [2.05, 4.69) is 4.98 Å². The molecule has 1 unspecified atom stereocenters. The molecule has 1 N–H and O–H groups in total. The zero-order valence-corrected chi connectivity index (χ0v) is 9.88. The summed E-state index contributed by atoms with van der Waals surface area (Å²) < 4.78 is 40.9. The Kier molecular flexibility index (Phi) is 5.07. The second-order valence-electron chi connectivity index (χ2n) is 3.24. The molecule has 1 aromatic rings. The van der Waals surface area contributed by atoms with Crippen molar-refractivity contribution < 1.29 is 23.0 Å². The van der Waals surface area contributed by atoms with Gasteiger partial charge in [0.2, 0.25) is 5.88 Å². The maximum absolute atomic E-state index is 12.0. The molecular weight excluding hydrogens is 255 g/mol. The number of thioether (sulfide) groups is 1. The predicted molar refractivity (Wildman–Crippen MR) is 59.0 cm³/mol. The number of aromatic nitrogens is 1. The average molecular weight is 267 g/mol. The van der Waals surface area contributed by atoms with Gasteiger partial charge in [-0.2, -0.15) is 24.9 Å². The quantitative estimate of drug-likeness (QED) is 0.888. The van der Waals surface area contributed by atoms with Crippen LogP contribution in [0.5, 0.6) is 5.88 Å². The van der Waals surface area contributed by atoms with Crippen LogP contribution in [0.25, 0.3) is 0 Å². The molecule has 7 heteroatoms. The van der Waals surface area contributed by atoms with E-state index >= 15 is 0 Å². The first-order valence-electron chi connectivity index (χ1n) is 4.76. The van der Waals surface area contributed by atoms with Crippen molar-refractivity contribution in [3.63, 3.8) is 0 Å². The predicted octanol–water partition coefficient (Wildman–Crippen LogP) is 2.25. The summed E-state index contributed by atoms with van der Waals surface area (Å²) in [7, 11) is 1.46. The molecular formula is C10H12F3NO2S. The lowest BCUT2D eigenvalue weighted by atomic mass is 10.4. The number of pyridine rings is 1. The Morgan fingerprint density at radius 2 is 2.18 bits per heavy atom. The van der Waals surface area contributed by atoms with Gasteiger partial charge in [-0.25, -0.2) is 4.98 Å². The Bertz CT molecular complexity index is 360. The van der Waals surface area contributed by atoms with Crippen LogP contribution in [-0.2, 0) is 5.75 Å². The number of ether oxygens (including phenoxy) is 1. The fraction of sp³-hybridized carbons (Fsp3) is 0.500. The van der Waals surface area contributed by atoms with Crippen LogP contribution in [0.3, 0.4) is 0 Å². The molecule has 17 heavy (non-hydrogen) atoms. The van der Waals surface area contributed by atoms with Gasteiger partial charge in [0.05, 0.1) is 12.8 Å². The fourth-order valence-electron chi connectivity index (χ4n) is 1.02. The molecule has 1 heterocycles. The van der Waals surface area contributed by atoms with Crippen molar-refractivity contribution in [1.29, 1.82) is 0 Å². The van der Waals surface area contributed by atoms with E-state index < -0.39 is 18.0 Å². The molecule has 0 saturated heterocycles. The van der Waals surface area contributed by atoms with Gasteiger partial charge in [-0.3, -0.25) is 0 Å². The monoisotopic (exact) mass is 267 g/mol. The number of hydrogen-bond acceptors (Lipinski definition) is 4. The first-order valence-corrected chi connectivity index (χ1v) is 5.91. The summed E-state index contributed by atoms with van der Waals surface area (Å²) in [6.45, 7) is 0. The summed E-state index contributed by atoms with van der Waals surface area (Å²) >= 11 is 0.972. The third-order valence-electron chi connectivity index (χ3n) is 1.89. The summed E-state index contributed by atoms with van der Waals surface area (Å²) in [6.07, 6.45) is -6.85. The highest BCUT2D eigenvalue weighted by atomic mass is 32.2. The summed E-state index contributed by atoms with van der Waals surface area (Å²) in [5.41, 5.74) is 0.615. The Morgan fingerprint density at radius 3 is 2.76 bits per heavy atom. The Balaban J connectivity index is 2.40. The normalized spacial score (nSPS) is 13.5. The topological polar surface area (TPSA) is 42.4 Å². The van der Waals surface area contributed by atoms with Gasteiger partial charge in [0.25, 0.3) is 0 Å². The molecule has 1 atom stereocenters. The van der Waals surface area contributed by atoms with Gasteiger partial charge in [0.1, 0.15) is 0 Å². The van der Waals surface area contributed by atoms with Crippen molar-refractivity contribution >= 4 is 11.8 Å². The average Bonchev–Trinajstić information content (AvgIpc) is 2.28. The van der Waals surface area contributed by atoms with Crippen LogP contribution < -0.4 is 4.74 Å². The van der Waals surface area contributed by atoms with E-state index in [1.807, 2.05) is 0 Å². The Labute approximate surface area is 101 Å². The SMILES string of the molecule is COc1cccc(CSCC(O)C(F)(F)F)n1. The Morgan fingerprint density at radius 1 is 1.47 bits per heavy atom. The van der Waals surface area contributed by atoms with Gasteiger partial charge in [-0.15, -0.1) is 0 Å². The molecule has 3 nitrogen and oxygen atoms in total. The molecule has 0 bridgehead atoms.